The molecule has 2 fully saturated rings. The average molecular weight is 465 g/mol. The van der Waals surface area contributed by atoms with Crippen LogP contribution in [0.5, 0.6) is 0 Å². The summed E-state index contributed by atoms with van der Waals surface area (Å²) in [5, 5.41) is 4.94. The summed E-state index contributed by atoms with van der Waals surface area (Å²) in [6.45, 7) is 7.06. The molecule has 1 saturated heterocycles. The number of carbonyl (C=O) groups excluding carboxylic acids is 4. The topological polar surface area (TPSA) is 105 Å². The van der Waals surface area contributed by atoms with E-state index in [4.69, 9.17) is 4.74 Å². The number of rotatable bonds is 5. The zero-order valence-corrected chi connectivity index (χ0v) is 19.2. The van der Waals surface area contributed by atoms with Gasteiger partial charge in [0, 0.05) is 6.07 Å². The number of anilines is 1. The van der Waals surface area contributed by atoms with Crippen LogP contribution in [0.1, 0.15) is 53.4 Å². The Kier molecular flexibility index (Phi) is 6.76. The van der Waals surface area contributed by atoms with E-state index >= 15 is 0 Å². The highest BCUT2D eigenvalue weighted by atomic mass is 19.1. The lowest BCUT2D eigenvalue weighted by atomic mass is 9.67. The highest BCUT2D eigenvalue weighted by Crippen LogP contribution is 2.43. The van der Waals surface area contributed by atoms with Gasteiger partial charge < -0.3 is 15.4 Å². The van der Waals surface area contributed by atoms with Crippen molar-refractivity contribution in [2.45, 2.75) is 65.0 Å². The van der Waals surface area contributed by atoms with Crippen LogP contribution in [-0.2, 0) is 19.1 Å². The summed E-state index contributed by atoms with van der Waals surface area (Å²) in [5.74, 6) is -3.63. The predicted molar refractivity (Wildman–Crippen MR) is 115 cm³/mol. The number of halogens is 2. The van der Waals surface area contributed by atoms with Crippen molar-refractivity contribution in [1.29, 1.82) is 0 Å². The number of amides is 4. The van der Waals surface area contributed by atoms with E-state index in [9.17, 15) is 28.0 Å². The van der Waals surface area contributed by atoms with Gasteiger partial charge in [-0.05, 0) is 56.1 Å². The maximum absolute atomic E-state index is 13.7. The molecular weight excluding hydrogens is 436 g/mol. The molecule has 1 spiro atoms. The van der Waals surface area contributed by atoms with Gasteiger partial charge in [0.15, 0.2) is 6.10 Å². The van der Waals surface area contributed by atoms with Gasteiger partial charge in [0.2, 0.25) is 0 Å². The van der Waals surface area contributed by atoms with Crippen LogP contribution in [0.25, 0.3) is 0 Å². The Morgan fingerprint density at radius 1 is 1.24 bits per heavy atom. The maximum atomic E-state index is 13.7. The van der Waals surface area contributed by atoms with E-state index < -0.39 is 53.6 Å². The molecule has 4 amide bonds. The first-order valence-electron chi connectivity index (χ1n) is 10.9. The molecule has 0 aromatic heterocycles. The lowest BCUT2D eigenvalue weighted by molar-refractivity contribution is -0.155. The minimum Gasteiger partial charge on any atom is -0.451 e. The van der Waals surface area contributed by atoms with E-state index in [1.165, 1.54) is 6.92 Å². The van der Waals surface area contributed by atoms with Gasteiger partial charge >= 0.3 is 12.0 Å². The lowest BCUT2D eigenvalue weighted by Crippen LogP contribution is -2.50. The molecule has 1 atom stereocenters. The SMILES string of the molecule is CC(OC(=O)CN1C(=O)NC2(CCC(C(C)(C)C)CC2)C1=O)C(=O)Nc1ccc(F)cc1F. The van der Waals surface area contributed by atoms with Crippen LogP contribution in [0, 0.1) is 23.0 Å². The lowest BCUT2D eigenvalue weighted by Gasteiger charge is -2.40. The molecule has 2 N–H and O–H groups in total. The second-order valence-electron chi connectivity index (χ2n) is 9.79. The molecule has 1 aliphatic heterocycles. The standard InChI is InChI=1S/C23H29F2N3O5/c1-13(19(30)26-17-6-5-15(24)11-16(17)25)33-18(29)12-28-20(31)23(27-21(28)32)9-7-14(8-10-23)22(2,3)4/h5-6,11,13-14H,7-10,12H2,1-4H3,(H,26,30)(H,27,32). The van der Waals surface area contributed by atoms with Crippen molar-refractivity contribution in [3.63, 3.8) is 0 Å². The third kappa shape index (κ3) is 5.31. The molecule has 1 aromatic carbocycles. The quantitative estimate of drug-likeness (QED) is 0.513. The minimum atomic E-state index is -1.33. The van der Waals surface area contributed by atoms with Gasteiger partial charge in [0.05, 0.1) is 5.69 Å². The van der Waals surface area contributed by atoms with Crippen molar-refractivity contribution in [2.24, 2.45) is 11.3 Å². The van der Waals surface area contributed by atoms with Crippen molar-refractivity contribution in [2.75, 3.05) is 11.9 Å². The Hall–Kier alpha value is -3.04. The van der Waals surface area contributed by atoms with Gasteiger partial charge in [-0.15, -0.1) is 0 Å². The Labute approximate surface area is 191 Å². The smallest absolute Gasteiger partial charge is 0.327 e. The van der Waals surface area contributed by atoms with Crippen LogP contribution in [0.4, 0.5) is 19.3 Å². The normalized spacial score (nSPS) is 23.9. The Morgan fingerprint density at radius 2 is 1.88 bits per heavy atom. The summed E-state index contributed by atoms with van der Waals surface area (Å²) >= 11 is 0. The number of nitrogens with one attached hydrogen (secondary N) is 2. The molecule has 1 aliphatic carbocycles. The monoisotopic (exact) mass is 465 g/mol. The molecule has 1 heterocycles. The number of benzene rings is 1. The van der Waals surface area contributed by atoms with Gasteiger partial charge in [0.1, 0.15) is 23.7 Å². The number of hydrogen-bond acceptors (Lipinski definition) is 5. The minimum absolute atomic E-state index is 0.101. The average Bonchev–Trinajstić information content (AvgIpc) is 2.93. The summed E-state index contributed by atoms with van der Waals surface area (Å²) in [5.41, 5.74) is -1.18. The summed E-state index contributed by atoms with van der Waals surface area (Å²) in [6, 6.07) is 1.95. The van der Waals surface area contributed by atoms with E-state index in [0.29, 0.717) is 24.8 Å². The van der Waals surface area contributed by atoms with Crippen LogP contribution in [-0.4, -0.2) is 46.9 Å². The number of nitrogens with zero attached hydrogens (tertiary/aromatic N) is 1. The number of imide groups is 1. The molecule has 2 aliphatic rings. The molecule has 0 bridgehead atoms. The highest BCUT2D eigenvalue weighted by Gasteiger charge is 2.53. The van der Waals surface area contributed by atoms with Gasteiger partial charge in [-0.2, -0.15) is 0 Å². The molecule has 33 heavy (non-hydrogen) atoms. The first-order valence-corrected chi connectivity index (χ1v) is 10.9. The Bertz CT molecular complexity index is 967. The molecule has 180 valence electrons. The summed E-state index contributed by atoms with van der Waals surface area (Å²) in [6.07, 6.45) is 1.22. The zero-order valence-electron chi connectivity index (χ0n) is 19.2. The number of carbonyl (C=O) groups is 4. The fraction of sp³-hybridized carbons (Fsp3) is 0.565. The van der Waals surface area contributed by atoms with Crippen LogP contribution in [0.2, 0.25) is 0 Å². The van der Waals surface area contributed by atoms with Crippen molar-refractivity contribution >= 4 is 29.5 Å². The first-order chi connectivity index (χ1) is 15.3. The Morgan fingerprint density at radius 3 is 2.45 bits per heavy atom. The largest absolute Gasteiger partial charge is 0.451 e. The summed E-state index contributed by atoms with van der Waals surface area (Å²) in [4.78, 5) is 50.8. The molecule has 10 heteroatoms. The van der Waals surface area contributed by atoms with E-state index in [-0.39, 0.29) is 11.1 Å². The van der Waals surface area contributed by atoms with Crippen LogP contribution in [0.15, 0.2) is 18.2 Å². The van der Waals surface area contributed by atoms with E-state index in [1.807, 2.05) is 0 Å². The van der Waals surface area contributed by atoms with Gasteiger partial charge in [-0.25, -0.2) is 13.6 Å². The second-order valence-corrected chi connectivity index (χ2v) is 9.79. The van der Waals surface area contributed by atoms with Crippen molar-refractivity contribution in [3.05, 3.63) is 29.8 Å². The maximum Gasteiger partial charge on any atom is 0.327 e. The molecule has 0 radical (unpaired) electrons. The van der Waals surface area contributed by atoms with Crippen LogP contribution in [0.3, 0.4) is 0 Å². The second kappa shape index (κ2) is 9.07. The van der Waals surface area contributed by atoms with E-state index in [0.717, 1.165) is 29.9 Å². The van der Waals surface area contributed by atoms with Crippen molar-refractivity contribution in [3.8, 4) is 0 Å². The van der Waals surface area contributed by atoms with Gasteiger partial charge in [-0.3, -0.25) is 19.3 Å². The highest BCUT2D eigenvalue weighted by molar-refractivity contribution is 6.08. The predicted octanol–water partition coefficient (Wildman–Crippen LogP) is 3.36. The number of urea groups is 1. The van der Waals surface area contributed by atoms with Gasteiger partial charge in [0.25, 0.3) is 11.8 Å². The third-order valence-electron chi connectivity index (χ3n) is 6.46. The van der Waals surface area contributed by atoms with E-state index in [1.54, 1.807) is 0 Å². The van der Waals surface area contributed by atoms with Crippen molar-refractivity contribution in [1.82, 2.24) is 10.2 Å². The molecule has 1 aromatic rings. The number of ether oxygens (including phenoxy) is 1. The molecular formula is C23H29F2N3O5. The summed E-state index contributed by atoms with van der Waals surface area (Å²) < 4.78 is 31.7. The van der Waals surface area contributed by atoms with Crippen molar-refractivity contribution < 1.29 is 32.7 Å². The summed E-state index contributed by atoms with van der Waals surface area (Å²) in [7, 11) is 0. The zero-order chi connectivity index (χ0) is 24.6. The molecule has 3 rings (SSSR count). The van der Waals surface area contributed by atoms with Crippen LogP contribution >= 0.6 is 0 Å². The Balaban J connectivity index is 1.56. The molecule has 1 unspecified atom stereocenters. The van der Waals surface area contributed by atoms with Crippen LogP contribution < -0.4 is 10.6 Å². The number of hydrogen-bond donors (Lipinski definition) is 2. The molecule has 8 nitrogen and oxygen atoms in total. The van der Waals surface area contributed by atoms with E-state index in [2.05, 4.69) is 31.4 Å². The fourth-order valence-electron chi connectivity index (χ4n) is 4.38. The third-order valence-corrected chi connectivity index (χ3v) is 6.46. The fourth-order valence-corrected chi connectivity index (χ4v) is 4.38. The first kappa shape index (κ1) is 24.6. The number of esters is 1. The van der Waals surface area contributed by atoms with Gasteiger partial charge in [-0.1, -0.05) is 20.8 Å². The molecule has 1 saturated carbocycles.